The molecule has 4 rings (SSSR count). The number of H-pyrrole nitrogens is 1. The zero-order valence-electron chi connectivity index (χ0n) is 38.5. The Hall–Kier alpha value is -6.62. The normalized spacial score (nSPS) is 19.0. The number of aromatic nitrogens is 1. The average Bonchev–Trinajstić information content (AvgIpc) is 4.07. The second-order valence-electron chi connectivity index (χ2n) is 17.5. The van der Waals surface area contributed by atoms with Crippen LogP contribution in [0.1, 0.15) is 78.7 Å². The molecule has 3 heterocycles. The molecule has 0 aliphatic carbocycles. The van der Waals surface area contributed by atoms with E-state index in [1.165, 1.54) is 16.7 Å². The van der Waals surface area contributed by atoms with Crippen molar-refractivity contribution in [1.82, 2.24) is 46.7 Å². The van der Waals surface area contributed by atoms with Crippen LogP contribution >= 0.6 is 0 Å². The van der Waals surface area contributed by atoms with Crippen LogP contribution in [0.15, 0.2) is 30.5 Å². The van der Waals surface area contributed by atoms with E-state index in [0.717, 1.165) is 10.9 Å². The molecule has 0 radical (unpaired) electrons. The van der Waals surface area contributed by atoms with E-state index in [1.807, 2.05) is 0 Å². The topological polar surface area (TPSA) is 358 Å². The van der Waals surface area contributed by atoms with Crippen molar-refractivity contribution in [3.63, 3.8) is 0 Å². The van der Waals surface area contributed by atoms with Crippen molar-refractivity contribution in [2.75, 3.05) is 26.2 Å². The summed E-state index contributed by atoms with van der Waals surface area (Å²) in [5.41, 5.74) is 12.6. The summed E-state index contributed by atoms with van der Waals surface area (Å²) in [6, 6.07) is -1.50. The maximum atomic E-state index is 14.3. The minimum atomic E-state index is -1.64. The first kappa shape index (κ1) is 53.0. The number of amides is 9. The van der Waals surface area contributed by atoms with Crippen molar-refractivity contribution < 1.29 is 58.2 Å². The number of aliphatic hydroxyl groups is 1. The molecule has 23 nitrogen and oxygen atoms in total. The van der Waals surface area contributed by atoms with E-state index in [1.54, 1.807) is 58.2 Å². The average molecular weight is 940 g/mol. The number of likely N-dealkylation sites (tertiary alicyclic amines) is 2. The maximum absolute atomic E-state index is 14.3. The first-order valence-electron chi connectivity index (χ1n) is 22.5. The zero-order chi connectivity index (χ0) is 49.7. The predicted molar refractivity (Wildman–Crippen MR) is 241 cm³/mol. The van der Waals surface area contributed by atoms with Crippen molar-refractivity contribution in [2.24, 2.45) is 23.3 Å². The number of para-hydroxylation sites is 1. The molecule has 0 bridgehead atoms. The van der Waals surface area contributed by atoms with Crippen LogP contribution in [0.25, 0.3) is 10.9 Å². The number of aliphatic hydroxyl groups excluding tert-OH is 1. The molecule has 67 heavy (non-hydrogen) atoms. The summed E-state index contributed by atoms with van der Waals surface area (Å²) in [6.07, 6.45) is 1.54. The van der Waals surface area contributed by atoms with E-state index in [2.05, 4.69) is 36.9 Å². The first-order valence-corrected chi connectivity index (χ1v) is 22.5. The molecule has 1 aromatic carbocycles. The number of carbonyl (C=O) groups excluding carboxylic acids is 9. The monoisotopic (exact) mass is 939 g/mol. The molecule has 2 aliphatic heterocycles. The summed E-state index contributed by atoms with van der Waals surface area (Å²) in [6.45, 7) is 7.26. The van der Waals surface area contributed by atoms with Gasteiger partial charge in [0.1, 0.15) is 48.8 Å². The number of aromatic amines is 1. The third-order valence-corrected chi connectivity index (χ3v) is 12.2. The minimum absolute atomic E-state index is 0.143. The number of primary amides is 1. The van der Waals surface area contributed by atoms with Gasteiger partial charge in [0.05, 0.1) is 19.1 Å². The number of carbonyl (C=O) groups is 10. The number of benzene rings is 1. The summed E-state index contributed by atoms with van der Waals surface area (Å²) >= 11 is 0. The van der Waals surface area contributed by atoms with Crippen molar-refractivity contribution in [1.29, 1.82) is 0 Å². The fourth-order valence-corrected chi connectivity index (χ4v) is 8.11. The van der Waals surface area contributed by atoms with E-state index in [0.29, 0.717) is 31.2 Å². The third-order valence-electron chi connectivity index (χ3n) is 12.2. The Bertz CT molecular complexity index is 2160. The number of hydrogen-bond acceptors (Lipinski definition) is 12. The van der Waals surface area contributed by atoms with Crippen molar-refractivity contribution >= 4 is 70.0 Å². The molecule has 9 amide bonds. The van der Waals surface area contributed by atoms with E-state index in [9.17, 15) is 53.1 Å². The van der Waals surface area contributed by atoms with Crippen LogP contribution in [-0.4, -0.2) is 159 Å². The van der Waals surface area contributed by atoms with Crippen LogP contribution in [0.3, 0.4) is 0 Å². The molecule has 13 N–H and O–H groups in total. The lowest BCUT2D eigenvalue weighted by Crippen LogP contribution is -2.61. The molecule has 9 atom stereocenters. The smallest absolute Gasteiger partial charge is 0.322 e. The van der Waals surface area contributed by atoms with Crippen LogP contribution in [0.2, 0.25) is 0 Å². The lowest BCUT2D eigenvalue weighted by Gasteiger charge is -2.31. The molecule has 0 saturated carbocycles. The molecule has 2 aromatic rings. The number of rotatable bonds is 23. The van der Waals surface area contributed by atoms with Gasteiger partial charge in [-0.25, -0.2) is 0 Å². The van der Waals surface area contributed by atoms with Gasteiger partial charge in [0.25, 0.3) is 0 Å². The number of aliphatic carboxylic acids is 1. The second kappa shape index (κ2) is 24.2. The summed E-state index contributed by atoms with van der Waals surface area (Å²) in [5, 5.41) is 34.7. The highest BCUT2D eigenvalue weighted by molar-refractivity contribution is 5.99. The van der Waals surface area contributed by atoms with Crippen LogP contribution in [-0.2, 0) is 54.4 Å². The van der Waals surface area contributed by atoms with Crippen LogP contribution < -0.4 is 43.4 Å². The van der Waals surface area contributed by atoms with Crippen molar-refractivity contribution in [2.45, 2.75) is 128 Å². The van der Waals surface area contributed by atoms with Gasteiger partial charge in [0, 0.05) is 36.6 Å². The predicted octanol–water partition coefficient (Wildman–Crippen LogP) is -2.77. The van der Waals surface area contributed by atoms with Crippen LogP contribution in [0.5, 0.6) is 0 Å². The summed E-state index contributed by atoms with van der Waals surface area (Å²) in [4.78, 5) is 138. The van der Waals surface area contributed by atoms with Crippen molar-refractivity contribution in [3.8, 4) is 0 Å². The molecular formula is C44H65N11O12. The van der Waals surface area contributed by atoms with E-state index in [-0.39, 0.29) is 25.9 Å². The number of fused-ring (bicyclic) bond motifs is 1. The molecule has 0 unspecified atom stereocenters. The summed E-state index contributed by atoms with van der Waals surface area (Å²) in [5.74, 6) is -9.19. The maximum Gasteiger partial charge on any atom is 0.322 e. The van der Waals surface area contributed by atoms with E-state index < -0.39 is 139 Å². The van der Waals surface area contributed by atoms with Gasteiger partial charge in [-0.3, -0.25) is 47.9 Å². The minimum Gasteiger partial charge on any atom is -0.480 e. The number of hydrogen-bond donors (Lipinski definition) is 11. The first-order chi connectivity index (χ1) is 31.6. The zero-order valence-corrected chi connectivity index (χ0v) is 38.5. The number of nitrogens with two attached hydrogens (primary N) is 2. The van der Waals surface area contributed by atoms with Gasteiger partial charge in [-0.05, 0) is 56.1 Å². The Morgan fingerprint density at radius 2 is 1.37 bits per heavy atom. The largest absolute Gasteiger partial charge is 0.480 e. The third kappa shape index (κ3) is 14.2. The van der Waals surface area contributed by atoms with Gasteiger partial charge in [0.2, 0.25) is 53.2 Å². The van der Waals surface area contributed by atoms with E-state index >= 15 is 0 Å². The lowest BCUT2D eigenvalue weighted by molar-refractivity contribution is -0.147. The number of carboxylic acid groups (broad SMARTS) is 1. The van der Waals surface area contributed by atoms with Crippen LogP contribution in [0, 0.1) is 11.8 Å². The van der Waals surface area contributed by atoms with Gasteiger partial charge in [-0.15, -0.1) is 0 Å². The molecule has 2 aliphatic rings. The van der Waals surface area contributed by atoms with Crippen LogP contribution in [0.4, 0.5) is 0 Å². The summed E-state index contributed by atoms with van der Waals surface area (Å²) < 4.78 is 0. The fourth-order valence-electron chi connectivity index (χ4n) is 8.11. The molecule has 23 heteroatoms. The number of nitrogens with zero attached hydrogens (tertiary/aromatic N) is 2. The SMILES string of the molecule is CC[C@H](C)[C@H](NC(=O)[C@@H](N)[C@@H](C)O)C(=O)N[C@H](C(=O)N[C@@H](Cc1c[nH]c2ccccc12)C(=O)N[C@@H](CC(N)=O)C(=O)NCC(=O)N1CCC[C@H]1C(=O)N1CCC[C@H]1C(=O)NCC(=O)O)C(C)C. The Labute approximate surface area is 387 Å². The summed E-state index contributed by atoms with van der Waals surface area (Å²) in [7, 11) is 0. The lowest BCUT2D eigenvalue weighted by atomic mass is 9.95. The van der Waals surface area contributed by atoms with Gasteiger partial charge in [-0.2, -0.15) is 0 Å². The van der Waals surface area contributed by atoms with Gasteiger partial charge >= 0.3 is 5.97 Å². The molecule has 0 spiro atoms. The highest BCUT2D eigenvalue weighted by atomic mass is 16.4. The molecular weight excluding hydrogens is 875 g/mol. The highest BCUT2D eigenvalue weighted by Gasteiger charge is 2.42. The molecule has 1 aromatic heterocycles. The fraction of sp³-hybridized carbons (Fsp3) is 0.591. The molecule has 368 valence electrons. The number of carboxylic acids is 1. The second-order valence-corrected chi connectivity index (χ2v) is 17.5. The Balaban J connectivity index is 1.51. The molecule has 2 saturated heterocycles. The number of nitrogens with one attached hydrogen (secondary N) is 7. The van der Waals surface area contributed by atoms with Gasteiger partial charge < -0.3 is 68.4 Å². The van der Waals surface area contributed by atoms with Gasteiger partial charge in [-0.1, -0.05) is 52.3 Å². The standard InChI is InChI=1S/C44H65N11O12/c1-6-23(4)37(53-41(64)35(46)24(5)56)43(66)52-36(22(2)3)42(65)51-28(17-25-19-47-27-12-8-7-11-26(25)27)39(62)50-29(18-32(45)57)38(61)48-20-33(58)54-15-10-14-31(54)44(67)55-16-9-13-30(55)40(63)49-21-34(59)60/h7-8,11-12,19,22-24,28-31,35-37,47,56H,6,9-10,13-18,20-21,46H2,1-5H3,(H2,45,57)(H,48,61)(H,49,63)(H,50,62)(H,51,65)(H,52,66)(H,53,64)(H,59,60)/t23-,24+,28-,29-,30-,31-,35-,36-,37-/m0/s1. The molecule has 2 fully saturated rings. The Morgan fingerprint density at radius 3 is 2.00 bits per heavy atom. The quantitative estimate of drug-likeness (QED) is 0.0539. The van der Waals surface area contributed by atoms with Gasteiger partial charge in [0.15, 0.2) is 0 Å². The Morgan fingerprint density at radius 1 is 0.761 bits per heavy atom. The van der Waals surface area contributed by atoms with E-state index in [4.69, 9.17) is 16.6 Å². The van der Waals surface area contributed by atoms with Crippen molar-refractivity contribution in [3.05, 3.63) is 36.0 Å². The highest BCUT2D eigenvalue weighted by Crippen LogP contribution is 2.25. The Kier molecular flexibility index (Phi) is 19.2.